The zero-order chi connectivity index (χ0) is 18.1. The molecule has 0 amide bonds. The van der Waals surface area contributed by atoms with Gasteiger partial charge in [0.2, 0.25) is 0 Å². The van der Waals surface area contributed by atoms with Gasteiger partial charge in [-0.3, -0.25) is 4.79 Å². The molecule has 3 rings (SSSR count). The molecule has 2 N–H and O–H groups in total. The minimum Gasteiger partial charge on any atom is -0.360 e. The van der Waals surface area contributed by atoms with Gasteiger partial charge in [-0.2, -0.15) is 0 Å². The highest BCUT2D eigenvalue weighted by Crippen LogP contribution is 2.43. The first-order valence-corrected chi connectivity index (χ1v) is 10.3. The lowest BCUT2D eigenvalue weighted by atomic mass is 9.99. The summed E-state index contributed by atoms with van der Waals surface area (Å²) < 4.78 is 45.3. The number of carbonyl (C=O) groups is 1. The third-order valence-electron chi connectivity index (χ3n) is 3.79. The molecular weight excluding hydrogens is 390 g/mol. The second-order valence-corrected chi connectivity index (χ2v) is 7.99. The standard InChI is InChI=1S/C15H14ClNO6S2/c16-11-5-8(6-24(19)20)1-4-10(11)14(18)13-12(7-25(21)22)17-23-15(13)9-2-3-9/h1,4-5,9H,2-3,6-7H2,(H,19,20)(H,21,22). The van der Waals surface area contributed by atoms with Crippen LogP contribution in [0.1, 0.15) is 51.7 Å². The van der Waals surface area contributed by atoms with E-state index in [-0.39, 0.29) is 39.3 Å². The molecule has 0 saturated heterocycles. The fraction of sp³-hybridized carbons (Fsp3) is 0.333. The first-order valence-electron chi connectivity index (χ1n) is 7.33. The molecule has 1 heterocycles. The monoisotopic (exact) mass is 403 g/mol. The van der Waals surface area contributed by atoms with Gasteiger partial charge in [-0.25, -0.2) is 8.42 Å². The van der Waals surface area contributed by atoms with Gasteiger partial charge in [-0.15, -0.1) is 0 Å². The largest absolute Gasteiger partial charge is 0.360 e. The Labute approximate surface area is 153 Å². The van der Waals surface area contributed by atoms with Crippen molar-refractivity contribution in [3.8, 4) is 0 Å². The number of halogens is 1. The zero-order valence-corrected chi connectivity index (χ0v) is 15.2. The van der Waals surface area contributed by atoms with E-state index < -0.39 is 27.9 Å². The van der Waals surface area contributed by atoms with Gasteiger partial charge in [0.05, 0.1) is 22.1 Å². The van der Waals surface area contributed by atoms with E-state index in [2.05, 4.69) is 5.16 Å². The molecular formula is C15H14ClNO6S2. The predicted octanol–water partition coefficient (Wildman–Crippen LogP) is 2.88. The van der Waals surface area contributed by atoms with Gasteiger partial charge in [-0.05, 0) is 30.5 Å². The summed E-state index contributed by atoms with van der Waals surface area (Å²) in [5.41, 5.74) is 1.02. The van der Waals surface area contributed by atoms with Crippen molar-refractivity contribution in [2.75, 3.05) is 0 Å². The summed E-state index contributed by atoms with van der Waals surface area (Å²) in [5, 5.41) is 3.92. The second kappa shape index (κ2) is 7.46. The number of ketones is 1. The Balaban J connectivity index is 1.99. The van der Waals surface area contributed by atoms with Crippen molar-refractivity contribution < 1.29 is 26.8 Å². The SMILES string of the molecule is O=C(c1ccc(CS(=O)O)cc1Cl)c1c(CS(=O)O)noc1C1CC1. The first kappa shape index (κ1) is 18.4. The fourth-order valence-electron chi connectivity index (χ4n) is 2.53. The van der Waals surface area contributed by atoms with E-state index in [1.54, 1.807) is 6.07 Å². The molecule has 1 fully saturated rings. The van der Waals surface area contributed by atoms with Crippen molar-refractivity contribution in [3.05, 3.63) is 51.4 Å². The summed E-state index contributed by atoms with van der Waals surface area (Å²) in [4.78, 5) is 12.9. The van der Waals surface area contributed by atoms with Gasteiger partial charge in [-0.1, -0.05) is 22.8 Å². The van der Waals surface area contributed by atoms with Crippen LogP contribution in [-0.2, 0) is 33.7 Å². The summed E-state index contributed by atoms with van der Waals surface area (Å²) in [5.74, 6) is -0.338. The topological polar surface area (TPSA) is 118 Å². The van der Waals surface area contributed by atoms with Crippen molar-refractivity contribution in [2.24, 2.45) is 0 Å². The van der Waals surface area contributed by atoms with Crippen LogP contribution in [0.15, 0.2) is 22.7 Å². The number of hydrogen-bond donors (Lipinski definition) is 2. The van der Waals surface area contributed by atoms with Crippen LogP contribution in [0.25, 0.3) is 0 Å². The van der Waals surface area contributed by atoms with Crippen LogP contribution in [-0.4, -0.2) is 28.5 Å². The van der Waals surface area contributed by atoms with Crippen molar-refractivity contribution in [3.63, 3.8) is 0 Å². The molecule has 25 heavy (non-hydrogen) atoms. The van der Waals surface area contributed by atoms with E-state index in [1.165, 1.54) is 12.1 Å². The molecule has 1 aromatic carbocycles. The molecule has 2 unspecified atom stereocenters. The molecule has 1 aliphatic carbocycles. The van der Waals surface area contributed by atoms with E-state index in [9.17, 15) is 13.2 Å². The van der Waals surface area contributed by atoms with Crippen molar-refractivity contribution in [2.45, 2.75) is 30.3 Å². The molecule has 0 bridgehead atoms. The van der Waals surface area contributed by atoms with E-state index in [0.717, 1.165) is 12.8 Å². The lowest BCUT2D eigenvalue weighted by Crippen LogP contribution is -2.09. The van der Waals surface area contributed by atoms with Crippen LogP contribution < -0.4 is 0 Å². The van der Waals surface area contributed by atoms with Crippen LogP contribution in [0.4, 0.5) is 0 Å². The summed E-state index contributed by atoms with van der Waals surface area (Å²) in [6, 6.07) is 4.47. The van der Waals surface area contributed by atoms with Crippen molar-refractivity contribution >= 4 is 39.5 Å². The lowest BCUT2D eigenvalue weighted by Gasteiger charge is -2.07. The number of benzene rings is 1. The summed E-state index contributed by atoms with van der Waals surface area (Å²) in [7, 11) is 0. The van der Waals surface area contributed by atoms with Gasteiger partial charge in [0.15, 0.2) is 33.7 Å². The normalized spacial score (nSPS) is 16.6. The Bertz CT molecular complexity index is 877. The molecule has 10 heteroatoms. The molecule has 0 radical (unpaired) electrons. The predicted molar refractivity (Wildman–Crippen MR) is 92.3 cm³/mol. The number of hydrogen-bond acceptors (Lipinski definition) is 5. The second-order valence-electron chi connectivity index (χ2n) is 5.72. The highest BCUT2D eigenvalue weighted by atomic mass is 35.5. The smallest absolute Gasteiger partial charge is 0.200 e. The molecule has 134 valence electrons. The Kier molecular flexibility index (Phi) is 5.49. The van der Waals surface area contributed by atoms with Gasteiger partial charge in [0.25, 0.3) is 0 Å². The van der Waals surface area contributed by atoms with E-state index >= 15 is 0 Å². The molecule has 1 saturated carbocycles. The molecule has 1 aromatic heterocycles. The molecule has 7 nitrogen and oxygen atoms in total. The van der Waals surface area contributed by atoms with Crippen LogP contribution in [0.2, 0.25) is 5.02 Å². The molecule has 0 aliphatic heterocycles. The van der Waals surface area contributed by atoms with E-state index in [0.29, 0.717) is 11.3 Å². The Morgan fingerprint density at radius 2 is 1.92 bits per heavy atom. The van der Waals surface area contributed by atoms with Crippen molar-refractivity contribution in [1.29, 1.82) is 0 Å². The average Bonchev–Trinajstić information content (AvgIpc) is 3.27. The van der Waals surface area contributed by atoms with E-state index in [4.69, 9.17) is 25.2 Å². The molecule has 1 aliphatic rings. The Morgan fingerprint density at radius 1 is 1.24 bits per heavy atom. The van der Waals surface area contributed by atoms with Gasteiger partial charge in [0.1, 0.15) is 5.69 Å². The van der Waals surface area contributed by atoms with Gasteiger partial charge < -0.3 is 13.6 Å². The zero-order valence-electron chi connectivity index (χ0n) is 12.8. The van der Waals surface area contributed by atoms with Gasteiger partial charge >= 0.3 is 0 Å². The van der Waals surface area contributed by atoms with Crippen LogP contribution in [0.5, 0.6) is 0 Å². The number of aromatic nitrogens is 1. The molecule has 0 spiro atoms. The quantitative estimate of drug-likeness (QED) is 0.539. The maximum Gasteiger partial charge on any atom is 0.200 e. The summed E-state index contributed by atoms with van der Waals surface area (Å²) >= 11 is 1.99. The van der Waals surface area contributed by atoms with Crippen LogP contribution in [0, 0.1) is 0 Å². The highest BCUT2D eigenvalue weighted by molar-refractivity contribution is 7.78. The third-order valence-corrected chi connectivity index (χ3v) is 5.21. The molecule has 2 aromatic rings. The minimum absolute atomic E-state index is 0.0854. The average molecular weight is 404 g/mol. The number of rotatable bonds is 7. The number of nitrogens with zero attached hydrogens (tertiary/aromatic N) is 1. The van der Waals surface area contributed by atoms with Gasteiger partial charge in [0, 0.05) is 11.5 Å². The molecule has 2 atom stereocenters. The highest BCUT2D eigenvalue weighted by Gasteiger charge is 2.36. The first-order chi connectivity index (χ1) is 11.9. The minimum atomic E-state index is -2.16. The maximum absolute atomic E-state index is 12.9. The number of carbonyl (C=O) groups excluding carboxylic acids is 1. The third kappa shape index (κ3) is 4.24. The van der Waals surface area contributed by atoms with Crippen molar-refractivity contribution in [1.82, 2.24) is 5.16 Å². The summed E-state index contributed by atoms with van der Waals surface area (Å²) in [6.45, 7) is 0. The Hall–Kier alpha value is -1.39. The van der Waals surface area contributed by atoms with Crippen LogP contribution >= 0.6 is 11.6 Å². The Morgan fingerprint density at radius 3 is 2.48 bits per heavy atom. The van der Waals surface area contributed by atoms with Crippen LogP contribution in [0.3, 0.4) is 0 Å². The maximum atomic E-state index is 12.9. The van der Waals surface area contributed by atoms with E-state index in [1.807, 2.05) is 0 Å². The fourth-order valence-corrected chi connectivity index (χ4v) is 3.71. The summed E-state index contributed by atoms with van der Waals surface area (Å²) in [6.07, 6.45) is 1.73. The lowest BCUT2D eigenvalue weighted by molar-refractivity contribution is 0.103.